The predicted molar refractivity (Wildman–Crippen MR) is 66.0 cm³/mol. The molecule has 0 saturated heterocycles. The molecular weight excluding hydrogens is 255 g/mol. The topological polar surface area (TPSA) is 90.6 Å². The van der Waals surface area contributed by atoms with E-state index in [1.54, 1.807) is 0 Å². The van der Waals surface area contributed by atoms with Crippen molar-refractivity contribution in [2.75, 3.05) is 32.6 Å². The van der Waals surface area contributed by atoms with Gasteiger partial charge in [-0.15, -0.1) is 0 Å². The molecule has 0 aliphatic rings. The number of carbonyl (C=O) groups is 2. The largest absolute Gasteiger partial charge is 0.452 e. The van der Waals surface area contributed by atoms with Crippen LogP contribution in [0.3, 0.4) is 0 Å². The number of carbonyl (C=O) groups excluding carboxylic acids is 2. The van der Waals surface area contributed by atoms with Crippen molar-refractivity contribution in [1.29, 1.82) is 0 Å². The molecular formula is C12H15FN2O4. The molecule has 3 N–H and O–H groups in total. The van der Waals surface area contributed by atoms with E-state index in [-0.39, 0.29) is 11.3 Å². The van der Waals surface area contributed by atoms with Crippen molar-refractivity contribution in [3.63, 3.8) is 0 Å². The number of hydrogen-bond donors (Lipinski definition) is 2. The third-order valence-electron chi connectivity index (χ3n) is 2.12. The van der Waals surface area contributed by atoms with Gasteiger partial charge >= 0.3 is 5.97 Å². The summed E-state index contributed by atoms with van der Waals surface area (Å²) in [4.78, 5) is 22.8. The molecule has 0 aliphatic carbocycles. The van der Waals surface area contributed by atoms with Crippen molar-refractivity contribution in [2.24, 2.45) is 0 Å². The number of nitrogens with one attached hydrogen (secondary N) is 1. The van der Waals surface area contributed by atoms with Gasteiger partial charge < -0.3 is 20.5 Å². The van der Waals surface area contributed by atoms with Crippen LogP contribution in [0.15, 0.2) is 18.2 Å². The summed E-state index contributed by atoms with van der Waals surface area (Å²) in [5.41, 5.74) is 5.46. The molecule has 1 amide bonds. The summed E-state index contributed by atoms with van der Waals surface area (Å²) in [5, 5.41) is 2.47. The number of benzene rings is 1. The molecule has 0 aromatic heterocycles. The SMILES string of the molecule is COCCNC(=O)COC(=O)c1cc(N)cc(F)c1. The van der Waals surface area contributed by atoms with Gasteiger partial charge in [-0.2, -0.15) is 0 Å². The zero-order valence-electron chi connectivity index (χ0n) is 10.4. The fraction of sp³-hybridized carbons (Fsp3) is 0.333. The quantitative estimate of drug-likeness (QED) is 0.441. The number of nitrogen functional groups attached to an aromatic ring is 1. The van der Waals surface area contributed by atoms with E-state index in [0.29, 0.717) is 13.2 Å². The smallest absolute Gasteiger partial charge is 0.338 e. The lowest BCUT2D eigenvalue weighted by Crippen LogP contribution is -2.31. The van der Waals surface area contributed by atoms with E-state index in [9.17, 15) is 14.0 Å². The van der Waals surface area contributed by atoms with E-state index >= 15 is 0 Å². The lowest BCUT2D eigenvalue weighted by atomic mass is 10.2. The fourth-order valence-corrected chi connectivity index (χ4v) is 1.29. The molecule has 6 nitrogen and oxygen atoms in total. The van der Waals surface area contributed by atoms with Gasteiger partial charge in [-0.1, -0.05) is 0 Å². The van der Waals surface area contributed by atoms with Gasteiger partial charge in [0.25, 0.3) is 5.91 Å². The summed E-state index contributed by atoms with van der Waals surface area (Å²) < 4.78 is 22.5. The van der Waals surface area contributed by atoms with Crippen molar-refractivity contribution in [3.8, 4) is 0 Å². The minimum Gasteiger partial charge on any atom is -0.452 e. The van der Waals surface area contributed by atoms with Gasteiger partial charge in [-0.05, 0) is 18.2 Å². The van der Waals surface area contributed by atoms with E-state index in [4.69, 9.17) is 15.2 Å². The molecule has 1 aromatic rings. The number of amides is 1. The average Bonchev–Trinajstić information content (AvgIpc) is 2.35. The molecule has 104 valence electrons. The molecule has 0 heterocycles. The Labute approximate surface area is 109 Å². The van der Waals surface area contributed by atoms with E-state index in [0.717, 1.165) is 12.1 Å². The minimum absolute atomic E-state index is 0.0396. The summed E-state index contributed by atoms with van der Waals surface area (Å²) in [6.07, 6.45) is 0. The van der Waals surface area contributed by atoms with Crippen molar-refractivity contribution < 1.29 is 23.5 Å². The first-order chi connectivity index (χ1) is 9.02. The first-order valence-electron chi connectivity index (χ1n) is 5.51. The van der Waals surface area contributed by atoms with Gasteiger partial charge in [0, 0.05) is 19.3 Å². The van der Waals surface area contributed by atoms with Crippen LogP contribution in [0.1, 0.15) is 10.4 Å². The minimum atomic E-state index is -0.812. The summed E-state index contributed by atoms with van der Waals surface area (Å²) in [6, 6.07) is 3.34. The number of esters is 1. The average molecular weight is 270 g/mol. The van der Waals surface area contributed by atoms with Crippen LogP contribution in [0.25, 0.3) is 0 Å². The van der Waals surface area contributed by atoms with Gasteiger partial charge in [0.2, 0.25) is 0 Å². The lowest BCUT2D eigenvalue weighted by Gasteiger charge is -2.06. The highest BCUT2D eigenvalue weighted by atomic mass is 19.1. The van der Waals surface area contributed by atoms with Crippen molar-refractivity contribution in [2.45, 2.75) is 0 Å². The molecule has 0 fully saturated rings. The van der Waals surface area contributed by atoms with E-state index in [2.05, 4.69) is 5.32 Å². The van der Waals surface area contributed by atoms with Crippen molar-refractivity contribution >= 4 is 17.6 Å². The van der Waals surface area contributed by atoms with Gasteiger partial charge in [-0.25, -0.2) is 9.18 Å². The molecule has 0 saturated carbocycles. The van der Waals surface area contributed by atoms with Crippen LogP contribution in [0.5, 0.6) is 0 Å². The Bertz CT molecular complexity index is 445. The van der Waals surface area contributed by atoms with Crippen molar-refractivity contribution in [1.82, 2.24) is 5.32 Å². The van der Waals surface area contributed by atoms with Crippen LogP contribution in [0.2, 0.25) is 0 Å². The van der Waals surface area contributed by atoms with Gasteiger partial charge in [0.15, 0.2) is 6.61 Å². The molecule has 1 rings (SSSR count). The summed E-state index contributed by atoms with van der Waals surface area (Å²) in [6.45, 7) is 0.235. The maximum atomic E-state index is 13.0. The number of nitrogens with two attached hydrogens (primary N) is 1. The van der Waals surface area contributed by atoms with Crippen LogP contribution in [-0.4, -0.2) is 38.7 Å². The Kier molecular flexibility index (Phi) is 5.74. The molecule has 7 heteroatoms. The molecule has 0 unspecified atom stereocenters. The number of rotatable bonds is 6. The van der Waals surface area contributed by atoms with Crippen LogP contribution in [-0.2, 0) is 14.3 Å². The zero-order valence-corrected chi connectivity index (χ0v) is 10.4. The van der Waals surface area contributed by atoms with Crippen LogP contribution in [0, 0.1) is 5.82 Å². The van der Waals surface area contributed by atoms with Crippen LogP contribution >= 0.6 is 0 Å². The number of methoxy groups -OCH3 is 1. The number of ether oxygens (including phenoxy) is 2. The number of halogens is 1. The van der Waals surface area contributed by atoms with Crippen LogP contribution < -0.4 is 11.1 Å². The highest BCUT2D eigenvalue weighted by Gasteiger charge is 2.11. The number of anilines is 1. The Hall–Kier alpha value is -2.15. The highest BCUT2D eigenvalue weighted by Crippen LogP contribution is 2.11. The molecule has 19 heavy (non-hydrogen) atoms. The zero-order chi connectivity index (χ0) is 14.3. The Morgan fingerprint density at radius 2 is 2.11 bits per heavy atom. The Balaban J connectivity index is 2.44. The monoisotopic (exact) mass is 270 g/mol. The standard InChI is InChI=1S/C12H15FN2O4/c1-18-3-2-15-11(16)7-19-12(17)8-4-9(13)6-10(14)5-8/h4-6H,2-3,7,14H2,1H3,(H,15,16). The van der Waals surface area contributed by atoms with E-state index in [1.165, 1.54) is 13.2 Å². The molecule has 1 aromatic carbocycles. The Morgan fingerprint density at radius 3 is 2.74 bits per heavy atom. The molecule has 0 radical (unpaired) electrons. The first kappa shape index (κ1) is 14.9. The molecule has 0 atom stereocenters. The van der Waals surface area contributed by atoms with E-state index < -0.39 is 24.3 Å². The van der Waals surface area contributed by atoms with Crippen molar-refractivity contribution in [3.05, 3.63) is 29.6 Å². The van der Waals surface area contributed by atoms with Gasteiger partial charge in [0.1, 0.15) is 5.82 Å². The second-order valence-corrected chi connectivity index (χ2v) is 3.69. The predicted octanol–water partition coefficient (Wildman–Crippen LogP) is 0.327. The maximum Gasteiger partial charge on any atom is 0.338 e. The third-order valence-corrected chi connectivity index (χ3v) is 2.12. The van der Waals surface area contributed by atoms with Gasteiger partial charge in [0.05, 0.1) is 12.2 Å². The second kappa shape index (κ2) is 7.32. The second-order valence-electron chi connectivity index (χ2n) is 3.69. The summed E-state index contributed by atoms with van der Waals surface area (Å²) in [5.74, 6) is -1.92. The lowest BCUT2D eigenvalue weighted by molar-refractivity contribution is -0.124. The normalized spacial score (nSPS) is 10.0. The first-order valence-corrected chi connectivity index (χ1v) is 5.51. The van der Waals surface area contributed by atoms with Crippen LogP contribution in [0.4, 0.5) is 10.1 Å². The highest BCUT2D eigenvalue weighted by molar-refractivity contribution is 5.92. The Morgan fingerprint density at radius 1 is 1.37 bits per heavy atom. The van der Waals surface area contributed by atoms with E-state index in [1.807, 2.05) is 0 Å². The maximum absolute atomic E-state index is 13.0. The number of hydrogen-bond acceptors (Lipinski definition) is 5. The molecule has 0 spiro atoms. The third kappa shape index (κ3) is 5.35. The molecule has 0 bridgehead atoms. The fourth-order valence-electron chi connectivity index (χ4n) is 1.29. The van der Waals surface area contributed by atoms with Gasteiger partial charge in [-0.3, -0.25) is 4.79 Å². The molecule has 0 aliphatic heterocycles. The summed E-state index contributed by atoms with van der Waals surface area (Å²) >= 11 is 0. The summed E-state index contributed by atoms with van der Waals surface area (Å²) in [7, 11) is 1.50.